The number of Topliss-reactive ketones (excluding diaryl/α,β-unsaturated/α-hetero) is 1. The molecule has 0 aromatic heterocycles. The topological polar surface area (TPSA) is 20.3 Å². The number of anilines is 1. The SMILES string of the molecule is Cc1ccccc1N(C(C)C)C(C)C(=O)C(C)(C)C. The molecule has 0 heterocycles. The summed E-state index contributed by atoms with van der Waals surface area (Å²) in [7, 11) is 0. The van der Waals surface area contributed by atoms with Gasteiger partial charge in [0, 0.05) is 17.1 Å². The van der Waals surface area contributed by atoms with Crippen LogP contribution in [0.25, 0.3) is 0 Å². The highest BCUT2D eigenvalue weighted by Gasteiger charge is 2.32. The molecule has 0 saturated heterocycles. The molecule has 1 rings (SSSR count). The van der Waals surface area contributed by atoms with E-state index >= 15 is 0 Å². The lowest BCUT2D eigenvalue weighted by Gasteiger charge is -2.37. The summed E-state index contributed by atoms with van der Waals surface area (Å²) < 4.78 is 0. The fourth-order valence-corrected chi connectivity index (χ4v) is 2.54. The van der Waals surface area contributed by atoms with Crippen LogP contribution in [0.15, 0.2) is 24.3 Å². The van der Waals surface area contributed by atoms with Gasteiger partial charge < -0.3 is 4.90 Å². The maximum absolute atomic E-state index is 12.6. The lowest BCUT2D eigenvalue weighted by atomic mass is 9.86. The third-order valence-corrected chi connectivity index (χ3v) is 3.49. The summed E-state index contributed by atoms with van der Waals surface area (Å²) in [5.74, 6) is 0.282. The molecule has 0 bridgehead atoms. The molecule has 19 heavy (non-hydrogen) atoms. The zero-order chi connectivity index (χ0) is 14.8. The van der Waals surface area contributed by atoms with E-state index < -0.39 is 0 Å². The number of hydrogen-bond donors (Lipinski definition) is 0. The van der Waals surface area contributed by atoms with Crippen molar-refractivity contribution in [2.45, 2.75) is 60.5 Å². The highest BCUT2D eigenvalue weighted by atomic mass is 16.1. The first-order chi connectivity index (χ1) is 8.66. The van der Waals surface area contributed by atoms with Gasteiger partial charge in [0.15, 0.2) is 5.78 Å². The molecule has 2 heteroatoms. The Morgan fingerprint density at radius 3 is 2.05 bits per heavy atom. The fraction of sp³-hybridized carbons (Fsp3) is 0.588. The first kappa shape index (κ1) is 15.7. The predicted molar refractivity (Wildman–Crippen MR) is 82.7 cm³/mol. The Hall–Kier alpha value is -1.31. The van der Waals surface area contributed by atoms with Gasteiger partial charge in [-0.1, -0.05) is 39.0 Å². The van der Waals surface area contributed by atoms with Gasteiger partial charge >= 0.3 is 0 Å². The number of carbonyl (C=O) groups excluding carboxylic acids is 1. The monoisotopic (exact) mass is 261 g/mol. The van der Waals surface area contributed by atoms with Gasteiger partial charge in [0.1, 0.15) is 0 Å². The summed E-state index contributed by atoms with van der Waals surface area (Å²) >= 11 is 0. The molecular formula is C17H27NO. The number of para-hydroxylation sites is 1. The number of benzene rings is 1. The van der Waals surface area contributed by atoms with E-state index in [0.29, 0.717) is 6.04 Å². The van der Waals surface area contributed by atoms with Crippen molar-refractivity contribution >= 4 is 11.5 Å². The van der Waals surface area contributed by atoms with Gasteiger partial charge in [0.05, 0.1) is 6.04 Å². The van der Waals surface area contributed by atoms with E-state index in [0.717, 1.165) is 5.69 Å². The first-order valence-corrected chi connectivity index (χ1v) is 7.04. The summed E-state index contributed by atoms with van der Waals surface area (Å²) in [5.41, 5.74) is 2.06. The lowest BCUT2D eigenvalue weighted by molar-refractivity contribution is -0.127. The van der Waals surface area contributed by atoms with Gasteiger partial charge in [0.2, 0.25) is 0 Å². The first-order valence-electron chi connectivity index (χ1n) is 7.04. The van der Waals surface area contributed by atoms with Crippen molar-refractivity contribution in [3.05, 3.63) is 29.8 Å². The van der Waals surface area contributed by atoms with Crippen molar-refractivity contribution in [1.82, 2.24) is 0 Å². The molecule has 0 spiro atoms. The Morgan fingerprint density at radius 1 is 1.11 bits per heavy atom. The molecule has 0 aliphatic carbocycles. The second-order valence-electron chi connectivity index (χ2n) is 6.58. The van der Waals surface area contributed by atoms with Crippen LogP contribution in [0.4, 0.5) is 5.69 Å². The smallest absolute Gasteiger partial charge is 0.160 e. The summed E-state index contributed by atoms with van der Waals surface area (Å²) in [4.78, 5) is 14.8. The summed E-state index contributed by atoms with van der Waals surface area (Å²) in [5, 5.41) is 0. The molecule has 0 aliphatic heterocycles. The van der Waals surface area contributed by atoms with Crippen LogP contribution in [0.5, 0.6) is 0 Å². The summed E-state index contributed by atoms with van der Waals surface area (Å²) in [6.45, 7) is 14.4. The summed E-state index contributed by atoms with van der Waals surface area (Å²) in [6, 6.07) is 8.45. The third-order valence-electron chi connectivity index (χ3n) is 3.49. The normalized spacial score (nSPS) is 13.5. The highest BCUT2D eigenvalue weighted by molar-refractivity contribution is 5.91. The average Bonchev–Trinajstić information content (AvgIpc) is 2.29. The second kappa shape index (κ2) is 5.77. The van der Waals surface area contributed by atoms with E-state index in [1.54, 1.807) is 0 Å². The Morgan fingerprint density at radius 2 is 1.63 bits per heavy atom. The predicted octanol–water partition coefficient (Wildman–Crippen LogP) is 4.21. The molecule has 1 aromatic rings. The minimum atomic E-state index is -0.310. The Labute approximate surface area is 117 Å². The molecule has 0 radical (unpaired) electrons. The summed E-state index contributed by atoms with van der Waals surface area (Å²) in [6.07, 6.45) is 0. The van der Waals surface area contributed by atoms with E-state index in [4.69, 9.17) is 0 Å². The number of rotatable bonds is 4. The van der Waals surface area contributed by atoms with Gasteiger partial charge in [-0.15, -0.1) is 0 Å². The van der Waals surface area contributed by atoms with Crippen molar-refractivity contribution < 1.29 is 4.79 Å². The Balaban J connectivity index is 3.16. The lowest BCUT2D eigenvalue weighted by Crippen LogP contribution is -2.47. The van der Waals surface area contributed by atoms with Gasteiger partial charge in [-0.2, -0.15) is 0 Å². The van der Waals surface area contributed by atoms with Gasteiger partial charge in [-0.3, -0.25) is 4.79 Å². The molecule has 1 atom stereocenters. The minimum absolute atomic E-state index is 0.110. The maximum atomic E-state index is 12.6. The van der Waals surface area contributed by atoms with Crippen molar-refractivity contribution in [2.24, 2.45) is 5.41 Å². The molecule has 0 amide bonds. The van der Waals surface area contributed by atoms with Crippen molar-refractivity contribution in [3.8, 4) is 0 Å². The van der Waals surface area contributed by atoms with Crippen LogP contribution < -0.4 is 4.90 Å². The largest absolute Gasteiger partial charge is 0.359 e. The molecule has 1 unspecified atom stereocenters. The molecule has 0 fully saturated rings. The molecule has 1 aromatic carbocycles. The fourth-order valence-electron chi connectivity index (χ4n) is 2.54. The standard InChI is InChI=1S/C17H27NO/c1-12(2)18(14(4)16(19)17(5,6)7)15-11-9-8-10-13(15)3/h8-12,14H,1-7H3. The van der Waals surface area contributed by atoms with Crippen LogP contribution in [0.2, 0.25) is 0 Å². The van der Waals surface area contributed by atoms with Crippen molar-refractivity contribution in [3.63, 3.8) is 0 Å². The van der Waals surface area contributed by atoms with Crippen LogP contribution in [-0.2, 0) is 4.79 Å². The zero-order valence-corrected chi connectivity index (χ0v) is 13.3. The average molecular weight is 261 g/mol. The Kier molecular flexibility index (Phi) is 4.78. The minimum Gasteiger partial charge on any atom is -0.359 e. The van der Waals surface area contributed by atoms with Gasteiger partial charge in [-0.05, 0) is 39.3 Å². The van der Waals surface area contributed by atoms with E-state index in [2.05, 4.69) is 37.8 Å². The van der Waals surface area contributed by atoms with Crippen LogP contribution in [0.3, 0.4) is 0 Å². The van der Waals surface area contributed by atoms with E-state index in [-0.39, 0.29) is 17.2 Å². The molecule has 2 nitrogen and oxygen atoms in total. The third kappa shape index (κ3) is 3.59. The highest BCUT2D eigenvalue weighted by Crippen LogP contribution is 2.28. The van der Waals surface area contributed by atoms with Crippen molar-refractivity contribution in [1.29, 1.82) is 0 Å². The number of ketones is 1. The van der Waals surface area contributed by atoms with Gasteiger partial charge in [-0.25, -0.2) is 0 Å². The van der Waals surface area contributed by atoms with Gasteiger partial charge in [0.25, 0.3) is 0 Å². The van der Waals surface area contributed by atoms with E-state index in [1.807, 2.05) is 39.8 Å². The zero-order valence-electron chi connectivity index (χ0n) is 13.3. The number of carbonyl (C=O) groups is 1. The number of aryl methyl sites for hydroxylation is 1. The van der Waals surface area contributed by atoms with Crippen molar-refractivity contribution in [2.75, 3.05) is 4.90 Å². The van der Waals surface area contributed by atoms with E-state index in [1.165, 1.54) is 5.56 Å². The van der Waals surface area contributed by atoms with Crippen LogP contribution in [-0.4, -0.2) is 17.9 Å². The number of hydrogen-bond acceptors (Lipinski definition) is 2. The van der Waals surface area contributed by atoms with Crippen LogP contribution in [0.1, 0.15) is 47.1 Å². The van der Waals surface area contributed by atoms with Crippen LogP contribution >= 0.6 is 0 Å². The Bertz CT molecular complexity index is 443. The number of nitrogens with zero attached hydrogens (tertiary/aromatic N) is 1. The molecular weight excluding hydrogens is 234 g/mol. The molecule has 0 aliphatic rings. The van der Waals surface area contributed by atoms with Crippen LogP contribution in [0, 0.1) is 12.3 Å². The molecule has 0 saturated carbocycles. The molecule has 106 valence electrons. The molecule has 0 N–H and O–H groups in total. The quantitative estimate of drug-likeness (QED) is 0.809. The van der Waals surface area contributed by atoms with E-state index in [9.17, 15) is 4.79 Å². The maximum Gasteiger partial charge on any atom is 0.160 e. The second-order valence-corrected chi connectivity index (χ2v) is 6.58.